The van der Waals surface area contributed by atoms with Crippen molar-refractivity contribution in [1.29, 1.82) is 0 Å². The molecule has 0 aromatic heterocycles. The van der Waals surface area contributed by atoms with Crippen molar-refractivity contribution < 1.29 is 4.74 Å². The molecule has 0 aromatic carbocycles. The molecule has 0 aliphatic heterocycles. The number of ether oxygens (including phenoxy) is 1. The highest BCUT2D eigenvalue weighted by Crippen LogP contribution is 2.35. The molecule has 1 aliphatic carbocycles. The molecule has 2 heteroatoms. The highest BCUT2D eigenvalue weighted by atomic mass is 16.5. The zero-order chi connectivity index (χ0) is 13.6. The molecule has 0 radical (unpaired) electrons. The van der Waals surface area contributed by atoms with Gasteiger partial charge in [-0.15, -0.1) is 0 Å². The zero-order valence-corrected chi connectivity index (χ0v) is 13.1. The lowest BCUT2D eigenvalue weighted by Gasteiger charge is -2.37. The number of nitrogens with one attached hydrogen (secondary N) is 1. The standard InChI is InChI=1S/C16H33NO/c1-6-12-17-14(11-10-13-8-9-13)15(18-7-2)16(3,4)5/h13-15,17H,6-12H2,1-5H3. The Balaban J connectivity index is 2.55. The Morgan fingerprint density at radius 1 is 1.22 bits per heavy atom. The Bertz CT molecular complexity index is 218. The van der Waals surface area contributed by atoms with E-state index in [1.54, 1.807) is 0 Å². The fourth-order valence-electron chi connectivity index (χ4n) is 2.66. The Hall–Kier alpha value is -0.0800. The highest BCUT2D eigenvalue weighted by molar-refractivity contribution is 4.88. The Morgan fingerprint density at radius 2 is 1.89 bits per heavy atom. The van der Waals surface area contributed by atoms with Crippen LogP contribution in [-0.4, -0.2) is 25.3 Å². The summed E-state index contributed by atoms with van der Waals surface area (Å²) in [5.41, 5.74) is 0.213. The van der Waals surface area contributed by atoms with Crippen molar-refractivity contribution in [3.8, 4) is 0 Å². The van der Waals surface area contributed by atoms with Crippen molar-refractivity contribution in [3.63, 3.8) is 0 Å². The van der Waals surface area contributed by atoms with Gasteiger partial charge in [-0.2, -0.15) is 0 Å². The maximum atomic E-state index is 6.06. The van der Waals surface area contributed by atoms with Crippen molar-refractivity contribution in [2.75, 3.05) is 13.2 Å². The van der Waals surface area contributed by atoms with Crippen LogP contribution in [0.15, 0.2) is 0 Å². The van der Waals surface area contributed by atoms with Crippen molar-refractivity contribution in [2.45, 2.75) is 78.9 Å². The average molecular weight is 255 g/mol. The first-order chi connectivity index (χ1) is 8.49. The molecular weight excluding hydrogens is 222 g/mol. The maximum Gasteiger partial charge on any atom is 0.0775 e. The Morgan fingerprint density at radius 3 is 2.33 bits per heavy atom. The van der Waals surface area contributed by atoms with Crippen LogP contribution in [0, 0.1) is 11.3 Å². The van der Waals surface area contributed by atoms with Crippen molar-refractivity contribution in [3.05, 3.63) is 0 Å². The summed E-state index contributed by atoms with van der Waals surface area (Å²) in [6, 6.07) is 0.519. The predicted molar refractivity (Wildman–Crippen MR) is 78.9 cm³/mol. The van der Waals surface area contributed by atoms with E-state index in [9.17, 15) is 0 Å². The van der Waals surface area contributed by atoms with Crippen LogP contribution in [0.25, 0.3) is 0 Å². The first-order valence-corrected chi connectivity index (χ1v) is 7.84. The van der Waals surface area contributed by atoms with Crippen LogP contribution in [0.1, 0.15) is 66.7 Å². The second-order valence-corrected chi connectivity index (χ2v) is 6.82. The third-order valence-corrected chi connectivity index (χ3v) is 3.80. The average Bonchev–Trinajstić information content (AvgIpc) is 3.09. The lowest BCUT2D eigenvalue weighted by molar-refractivity contribution is -0.0379. The van der Waals surface area contributed by atoms with E-state index in [1.807, 2.05) is 0 Å². The van der Waals surface area contributed by atoms with E-state index < -0.39 is 0 Å². The molecule has 1 aliphatic rings. The quantitative estimate of drug-likeness (QED) is 0.672. The first kappa shape index (κ1) is 16.0. The summed E-state index contributed by atoms with van der Waals surface area (Å²) < 4.78 is 6.06. The van der Waals surface area contributed by atoms with Crippen molar-refractivity contribution in [2.24, 2.45) is 11.3 Å². The minimum absolute atomic E-state index is 0.213. The summed E-state index contributed by atoms with van der Waals surface area (Å²) in [5, 5.41) is 3.72. The smallest absolute Gasteiger partial charge is 0.0775 e. The molecule has 2 atom stereocenters. The van der Waals surface area contributed by atoms with Gasteiger partial charge in [0.15, 0.2) is 0 Å². The maximum absolute atomic E-state index is 6.06. The van der Waals surface area contributed by atoms with E-state index in [0.717, 1.165) is 19.1 Å². The van der Waals surface area contributed by atoms with Gasteiger partial charge in [0.1, 0.15) is 0 Å². The second kappa shape index (κ2) is 7.49. The second-order valence-electron chi connectivity index (χ2n) is 6.82. The van der Waals surface area contributed by atoms with Crippen LogP contribution in [-0.2, 0) is 4.74 Å². The van der Waals surface area contributed by atoms with Gasteiger partial charge in [-0.3, -0.25) is 0 Å². The normalized spacial score (nSPS) is 19.8. The third kappa shape index (κ3) is 5.71. The molecule has 1 N–H and O–H groups in total. The van der Waals surface area contributed by atoms with Gasteiger partial charge in [-0.25, -0.2) is 0 Å². The van der Waals surface area contributed by atoms with Crippen LogP contribution in [0.3, 0.4) is 0 Å². The largest absolute Gasteiger partial charge is 0.376 e. The highest BCUT2D eigenvalue weighted by Gasteiger charge is 2.33. The molecule has 0 amide bonds. The van der Waals surface area contributed by atoms with E-state index in [-0.39, 0.29) is 5.41 Å². The summed E-state index contributed by atoms with van der Waals surface area (Å²) >= 11 is 0. The molecule has 1 fully saturated rings. The van der Waals surface area contributed by atoms with Crippen LogP contribution >= 0.6 is 0 Å². The molecule has 18 heavy (non-hydrogen) atoms. The third-order valence-electron chi connectivity index (χ3n) is 3.80. The molecular formula is C16H33NO. The Kier molecular flexibility index (Phi) is 6.65. The summed E-state index contributed by atoms with van der Waals surface area (Å²) in [6.07, 6.45) is 7.08. The fourth-order valence-corrected chi connectivity index (χ4v) is 2.66. The minimum Gasteiger partial charge on any atom is -0.376 e. The molecule has 0 heterocycles. The van der Waals surface area contributed by atoms with Gasteiger partial charge in [-0.05, 0) is 44.1 Å². The summed E-state index contributed by atoms with van der Waals surface area (Å²) in [5.74, 6) is 1.01. The molecule has 2 nitrogen and oxygen atoms in total. The van der Waals surface area contributed by atoms with Crippen LogP contribution in [0.4, 0.5) is 0 Å². The van der Waals surface area contributed by atoms with Gasteiger partial charge in [0.2, 0.25) is 0 Å². The summed E-state index contributed by atoms with van der Waals surface area (Å²) in [6.45, 7) is 13.2. The van der Waals surface area contributed by atoms with Gasteiger partial charge in [0, 0.05) is 12.6 Å². The minimum atomic E-state index is 0.213. The van der Waals surface area contributed by atoms with Crippen molar-refractivity contribution in [1.82, 2.24) is 5.32 Å². The van der Waals surface area contributed by atoms with E-state index in [0.29, 0.717) is 12.1 Å². The van der Waals surface area contributed by atoms with Crippen LogP contribution in [0.5, 0.6) is 0 Å². The molecule has 108 valence electrons. The van der Waals surface area contributed by atoms with E-state index in [4.69, 9.17) is 4.74 Å². The predicted octanol–water partition coefficient (Wildman–Crippen LogP) is 4.00. The lowest BCUT2D eigenvalue weighted by atomic mass is 9.82. The van der Waals surface area contributed by atoms with Gasteiger partial charge in [-0.1, -0.05) is 40.5 Å². The molecule has 1 saturated carbocycles. The molecule has 0 saturated heterocycles. The number of rotatable bonds is 9. The van der Waals surface area contributed by atoms with Gasteiger partial charge >= 0.3 is 0 Å². The van der Waals surface area contributed by atoms with E-state index in [2.05, 4.69) is 39.9 Å². The monoisotopic (exact) mass is 255 g/mol. The molecule has 1 rings (SSSR count). The molecule has 0 spiro atoms. The van der Waals surface area contributed by atoms with E-state index in [1.165, 1.54) is 32.1 Å². The molecule has 0 bridgehead atoms. The van der Waals surface area contributed by atoms with Crippen molar-refractivity contribution >= 4 is 0 Å². The lowest BCUT2D eigenvalue weighted by Crippen LogP contribution is -2.48. The van der Waals surface area contributed by atoms with E-state index >= 15 is 0 Å². The first-order valence-electron chi connectivity index (χ1n) is 7.84. The zero-order valence-electron chi connectivity index (χ0n) is 13.1. The fraction of sp³-hybridized carbons (Fsp3) is 1.00. The van der Waals surface area contributed by atoms with Gasteiger partial charge in [0.05, 0.1) is 6.10 Å². The SMILES string of the molecule is CCCNC(CCC1CC1)C(OCC)C(C)(C)C. The Labute approximate surface area is 114 Å². The number of hydrogen-bond donors (Lipinski definition) is 1. The van der Waals surface area contributed by atoms with Crippen LogP contribution in [0.2, 0.25) is 0 Å². The number of hydrogen-bond acceptors (Lipinski definition) is 2. The van der Waals surface area contributed by atoms with Gasteiger partial charge < -0.3 is 10.1 Å². The van der Waals surface area contributed by atoms with Crippen LogP contribution < -0.4 is 5.32 Å². The molecule has 2 unspecified atom stereocenters. The topological polar surface area (TPSA) is 21.3 Å². The van der Waals surface area contributed by atoms with Gasteiger partial charge in [0.25, 0.3) is 0 Å². The summed E-state index contributed by atoms with van der Waals surface area (Å²) in [7, 11) is 0. The summed E-state index contributed by atoms with van der Waals surface area (Å²) in [4.78, 5) is 0. The molecule has 0 aromatic rings.